The van der Waals surface area contributed by atoms with Crippen LogP contribution in [0.4, 0.5) is 11.4 Å². The van der Waals surface area contributed by atoms with Gasteiger partial charge in [-0.05, 0) is 73.4 Å². The summed E-state index contributed by atoms with van der Waals surface area (Å²) in [6.07, 6.45) is 5.88. The van der Waals surface area contributed by atoms with Gasteiger partial charge in [-0.2, -0.15) is 0 Å². The molecule has 2 N–H and O–H groups in total. The molecule has 41 heavy (non-hydrogen) atoms. The Morgan fingerprint density at radius 2 is 1.68 bits per heavy atom. The molecule has 3 amide bonds. The van der Waals surface area contributed by atoms with Crippen LogP contribution in [0.1, 0.15) is 48.8 Å². The highest BCUT2D eigenvalue weighted by Crippen LogP contribution is 2.42. The summed E-state index contributed by atoms with van der Waals surface area (Å²) in [5.41, 5.74) is 5.54. The number of rotatable bonds is 5. The first-order valence-electron chi connectivity index (χ1n) is 13.5. The zero-order valence-electron chi connectivity index (χ0n) is 22.0. The van der Waals surface area contributed by atoms with Crippen LogP contribution in [0, 0.1) is 0 Å². The Morgan fingerprint density at radius 3 is 2.51 bits per heavy atom. The van der Waals surface area contributed by atoms with Crippen molar-refractivity contribution in [3.63, 3.8) is 0 Å². The lowest BCUT2D eigenvalue weighted by Crippen LogP contribution is -2.32. The number of benzene rings is 3. The Balaban J connectivity index is 1.11. The monoisotopic (exact) mass is 559 g/mol. The van der Waals surface area contributed by atoms with Gasteiger partial charge in [0.05, 0.1) is 21.6 Å². The zero-order chi connectivity index (χ0) is 27.9. The maximum Gasteiger partial charge on any atom is 0.261 e. The van der Waals surface area contributed by atoms with Gasteiger partial charge in [-0.3, -0.25) is 24.4 Å². The van der Waals surface area contributed by atoms with E-state index in [1.807, 2.05) is 36.4 Å². The number of hydrogen-bond donors (Lipinski definition) is 2. The zero-order valence-corrected chi connectivity index (χ0v) is 22.8. The molecule has 1 aliphatic heterocycles. The molecular weight excluding hydrogens is 534 g/mol. The molecule has 202 valence electrons. The lowest BCUT2D eigenvalue weighted by Gasteiger charge is -2.23. The summed E-state index contributed by atoms with van der Waals surface area (Å²) in [5.74, 6) is -0.439. The molecule has 8 nitrogen and oxygen atoms in total. The molecule has 0 bridgehead atoms. The van der Waals surface area contributed by atoms with Crippen LogP contribution in [-0.2, 0) is 6.42 Å². The lowest BCUT2D eigenvalue weighted by atomic mass is 10.1. The first-order valence-corrected chi connectivity index (χ1v) is 14.3. The molecule has 7 rings (SSSR count). The van der Waals surface area contributed by atoms with Gasteiger partial charge >= 0.3 is 0 Å². The van der Waals surface area contributed by atoms with Crippen molar-refractivity contribution in [3.05, 3.63) is 107 Å². The third-order valence-corrected chi connectivity index (χ3v) is 8.58. The second kappa shape index (κ2) is 10.3. The molecule has 1 fully saturated rings. The van der Waals surface area contributed by atoms with Crippen molar-refractivity contribution < 1.29 is 14.4 Å². The number of carbonyl (C=O) groups is 3. The summed E-state index contributed by atoms with van der Waals surface area (Å²) in [7, 11) is 0. The van der Waals surface area contributed by atoms with Gasteiger partial charge in [-0.25, -0.2) is 0 Å². The highest BCUT2D eigenvalue weighted by Gasteiger charge is 2.29. The molecule has 0 atom stereocenters. The molecular formula is C32H25N5O3S. The van der Waals surface area contributed by atoms with Gasteiger partial charge in [0.2, 0.25) is 0 Å². The van der Waals surface area contributed by atoms with E-state index in [-0.39, 0.29) is 17.7 Å². The molecule has 0 saturated heterocycles. The number of aromatic nitrogens is 2. The summed E-state index contributed by atoms with van der Waals surface area (Å²) >= 11 is 1.49. The van der Waals surface area contributed by atoms with Gasteiger partial charge in [0.1, 0.15) is 5.52 Å². The maximum absolute atomic E-state index is 13.8. The van der Waals surface area contributed by atoms with Crippen LogP contribution in [0.2, 0.25) is 0 Å². The predicted octanol–water partition coefficient (Wildman–Crippen LogP) is 5.71. The average molecular weight is 560 g/mol. The van der Waals surface area contributed by atoms with Gasteiger partial charge in [0, 0.05) is 46.7 Å². The van der Waals surface area contributed by atoms with Crippen molar-refractivity contribution in [1.29, 1.82) is 0 Å². The Morgan fingerprint density at radius 1 is 0.878 bits per heavy atom. The fourth-order valence-electron chi connectivity index (χ4n) is 5.13. The third kappa shape index (κ3) is 4.85. The molecule has 3 aromatic carbocycles. The Kier molecular flexibility index (Phi) is 6.28. The quantitative estimate of drug-likeness (QED) is 0.287. The van der Waals surface area contributed by atoms with Crippen molar-refractivity contribution in [3.8, 4) is 10.4 Å². The van der Waals surface area contributed by atoms with Gasteiger partial charge in [-0.1, -0.05) is 24.3 Å². The number of anilines is 2. The minimum atomic E-state index is -0.298. The summed E-state index contributed by atoms with van der Waals surface area (Å²) in [6, 6.07) is 22.3. The molecule has 2 aromatic heterocycles. The minimum Gasteiger partial charge on any atom is -0.349 e. The topological polar surface area (TPSA) is 104 Å². The van der Waals surface area contributed by atoms with Crippen LogP contribution in [0.3, 0.4) is 0 Å². The number of hydrogen-bond acceptors (Lipinski definition) is 6. The van der Waals surface area contributed by atoms with Crippen LogP contribution in [0.15, 0.2) is 85.2 Å². The molecule has 0 radical (unpaired) electrons. The molecule has 9 heteroatoms. The first-order chi connectivity index (χ1) is 20.0. The molecule has 3 heterocycles. The summed E-state index contributed by atoms with van der Waals surface area (Å²) in [5, 5.41) is 5.97. The van der Waals surface area contributed by atoms with Crippen LogP contribution in [-0.4, -0.2) is 40.3 Å². The van der Waals surface area contributed by atoms with E-state index in [0.29, 0.717) is 51.7 Å². The van der Waals surface area contributed by atoms with E-state index in [2.05, 4.69) is 20.6 Å². The van der Waals surface area contributed by atoms with Crippen molar-refractivity contribution >= 4 is 51.5 Å². The number of amides is 3. The highest BCUT2D eigenvalue weighted by atomic mass is 32.1. The lowest BCUT2D eigenvalue weighted by molar-refractivity contribution is 0.0952. The van der Waals surface area contributed by atoms with E-state index in [9.17, 15) is 14.4 Å². The number of para-hydroxylation sites is 2. The second-order valence-electron chi connectivity index (χ2n) is 10.2. The molecule has 1 saturated carbocycles. The van der Waals surface area contributed by atoms with Gasteiger partial charge in [0.15, 0.2) is 0 Å². The Hall–Kier alpha value is -4.89. The molecule has 0 spiro atoms. The third-order valence-electron chi connectivity index (χ3n) is 7.37. The van der Waals surface area contributed by atoms with Crippen LogP contribution in [0.25, 0.3) is 21.5 Å². The number of carbonyl (C=O) groups excluding carboxylic acids is 3. The van der Waals surface area contributed by atoms with Gasteiger partial charge < -0.3 is 15.5 Å². The molecule has 5 aromatic rings. The number of thiophene rings is 1. The number of nitrogens with zero attached hydrogens (tertiary/aromatic N) is 3. The Bertz CT molecular complexity index is 1820. The van der Waals surface area contributed by atoms with Crippen molar-refractivity contribution in [1.82, 2.24) is 15.3 Å². The summed E-state index contributed by atoms with van der Waals surface area (Å²) in [4.78, 5) is 51.6. The van der Waals surface area contributed by atoms with Crippen molar-refractivity contribution in [2.45, 2.75) is 25.3 Å². The van der Waals surface area contributed by atoms with Gasteiger partial charge in [0.25, 0.3) is 17.7 Å². The number of nitrogens with one attached hydrogen (secondary N) is 2. The fourth-order valence-corrected chi connectivity index (χ4v) is 6.28. The predicted molar refractivity (Wildman–Crippen MR) is 160 cm³/mol. The van der Waals surface area contributed by atoms with Crippen molar-refractivity contribution in [2.75, 3.05) is 16.8 Å². The van der Waals surface area contributed by atoms with E-state index < -0.39 is 0 Å². The van der Waals surface area contributed by atoms with Crippen LogP contribution in [0.5, 0.6) is 0 Å². The van der Waals surface area contributed by atoms with E-state index in [1.54, 1.807) is 53.7 Å². The van der Waals surface area contributed by atoms with Crippen molar-refractivity contribution in [2.24, 2.45) is 0 Å². The van der Waals surface area contributed by atoms with E-state index in [0.717, 1.165) is 34.5 Å². The highest BCUT2D eigenvalue weighted by molar-refractivity contribution is 7.17. The van der Waals surface area contributed by atoms with Crippen LogP contribution < -0.4 is 15.5 Å². The molecule has 0 unspecified atom stereocenters. The summed E-state index contributed by atoms with van der Waals surface area (Å²) < 4.78 is 0. The van der Waals surface area contributed by atoms with E-state index in [1.165, 1.54) is 11.3 Å². The maximum atomic E-state index is 13.8. The van der Waals surface area contributed by atoms with E-state index >= 15 is 0 Å². The fraction of sp³-hybridized carbons (Fsp3) is 0.156. The number of fused-ring (bicyclic) bond motifs is 4. The SMILES string of the molecule is O=C(NC1CC1)c1cc2c(s1)-c1ccccc1N(C(=O)c1ccc(NC(=O)c3cccc4nccnc34)cc1)CC2. The second-order valence-corrected chi connectivity index (χ2v) is 11.3. The Labute approximate surface area is 240 Å². The summed E-state index contributed by atoms with van der Waals surface area (Å²) in [6.45, 7) is 0.490. The molecule has 1 aliphatic carbocycles. The van der Waals surface area contributed by atoms with E-state index in [4.69, 9.17) is 0 Å². The van der Waals surface area contributed by atoms with Crippen LogP contribution >= 0.6 is 11.3 Å². The smallest absolute Gasteiger partial charge is 0.261 e. The largest absolute Gasteiger partial charge is 0.349 e. The normalized spacial score (nSPS) is 14.1. The van der Waals surface area contributed by atoms with Gasteiger partial charge in [-0.15, -0.1) is 11.3 Å². The molecule has 2 aliphatic rings. The minimum absolute atomic E-state index is 0.0171. The average Bonchev–Trinajstić information content (AvgIpc) is 3.75. The standard InChI is InChI=1S/C32H25N5O3S/c38-30(24-5-3-6-25-28(24)34-16-15-33-25)35-21-10-8-19(9-11-21)32(40)37-17-14-20-18-27(31(39)36-22-12-13-22)41-29(20)23-4-1-2-7-26(23)37/h1-11,15-16,18,22H,12-14,17H2,(H,35,38)(H,36,39). The first kappa shape index (κ1) is 25.1.